The Bertz CT molecular complexity index is 1130. The highest BCUT2D eigenvalue weighted by Crippen LogP contribution is 2.38. The minimum Gasteiger partial charge on any atom is -0.462 e. The van der Waals surface area contributed by atoms with E-state index >= 15 is 0 Å². The van der Waals surface area contributed by atoms with Crippen LogP contribution in [0.25, 0.3) is 16.6 Å². The summed E-state index contributed by atoms with van der Waals surface area (Å²) in [4.78, 5) is 24.5. The number of hydrogen-bond acceptors (Lipinski definition) is 6. The smallest absolute Gasteiger partial charge is 0.340 e. The zero-order valence-corrected chi connectivity index (χ0v) is 18.8. The molecule has 0 radical (unpaired) electrons. The quantitative estimate of drug-likeness (QED) is 0.226. The molecule has 3 N–H and O–H groups in total. The van der Waals surface area contributed by atoms with Gasteiger partial charge in [-0.2, -0.15) is 0 Å². The summed E-state index contributed by atoms with van der Waals surface area (Å²) < 4.78 is 13.1. The van der Waals surface area contributed by atoms with E-state index in [2.05, 4.69) is 15.9 Å². The number of carbonyl (C=O) groups is 2. The Morgan fingerprint density at radius 3 is 2.53 bits per heavy atom. The first kappa shape index (κ1) is 21.9. The maximum atomic E-state index is 12.9. The van der Waals surface area contributed by atoms with E-state index in [9.17, 15) is 9.59 Å². The first-order chi connectivity index (χ1) is 14.3. The minimum absolute atomic E-state index is 0.0588. The van der Waals surface area contributed by atoms with Crippen LogP contribution in [-0.2, 0) is 15.3 Å². The molecule has 0 bridgehead atoms. The van der Waals surface area contributed by atoms with Gasteiger partial charge in [-0.1, -0.05) is 30.0 Å². The Morgan fingerprint density at radius 2 is 1.93 bits per heavy atom. The summed E-state index contributed by atoms with van der Waals surface area (Å²) in [7, 11) is 0. The maximum absolute atomic E-state index is 12.9. The van der Waals surface area contributed by atoms with Crippen LogP contribution < -0.4 is 10.5 Å². The highest BCUT2D eigenvalue weighted by Gasteiger charge is 2.26. The molecule has 30 heavy (non-hydrogen) atoms. The van der Waals surface area contributed by atoms with Crippen LogP contribution in [0.15, 0.2) is 46.9 Å². The summed E-state index contributed by atoms with van der Waals surface area (Å²) in [5.74, 6) is -0.375. The second kappa shape index (κ2) is 9.36. The number of halogens is 1. The number of benzene rings is 2. The molecule has 3 rings (SSSR count). The van der Waals surface area contributed by atoms with Crippen molar-refractivity contribution in [2.24, 2.45) is 5.73 Å². The van der Waals surface area contributed by atoms with Gasteiger partial charge in [0.25, 0.3) is 0 Å². The van der Waals surface area contributed by atoms with Crippen molar-refractivity contribution in [3.05, 3.63) is 58.2 Å². The van der Waals surface area contributed by atoms with E-state index in [1.165, 1.54) is 6.92 Å². The van der Waals surface area contributed by atoms with Gasteiger partial charge in [0.15, 0.2) is 5.17 Å². The summed E-state index contributed by atoms with van der Waals surface area (Å²) in [5.41, 5.74) is 8.12. The SMILES string of the molecule is CCOC(=O)c1c(CSC(=N)N)n(-c2ccccc2)c2cc(Br)c(OC(C)=O)cc12. The Kier molecular flexibility index (Phi) is 6.84. The highest BCUT2D eigenvalue weighted by molar-refractivity contribution is 9.10. The fourth-order valence-corrected chi connectivity index (χ4v) is 4.14. The average molecular weight is 490 g/mol. The van der Waals surface area contributed by atoms with Crippen molar-refractivity contribution in [2.75, 3.05) is 6.61 Å². The summed E-state index contributed by atoms with van der Waals surface area (Å²) in [6, 6.07) is 13.0. The van der Waals surface area contributed by atoms with Gasteiger partial charge in [0.05, 0.1) is 22.2 Å². The number of esters is 2. The lowest BCUT2D eigenvalue weighted by molar-refractivity contribution is -0.131. The third-order valence-corrected chi connectivity index (χ3v) is 5.58. The number of nitrogens with two attached hydrogens (primary N) is 1. The molecule has 0 aliphatic carbocycles. The Hall–Kier alpha value is -2.78. The predicted octanol–water partition coefficient (Wildman–Crippen LogP) is 4.62. The molecule has 0 atom stereocenters. The van der Waals surface area contributed by atoms with Crippen molar-refractivity contribution in [3.63, 3.8) is 0 Å². The number of amidine groups is 1. The zero-order valence-electron chi connectivity index (χ0n) is 16.4. The Morgan fingerprint density at radius 1 is 1.23 bits per heavy atom. The lowest BCUT2D eigenvalue weighted by Crippen LogP contribution is -2.11. The van der Waals surface area contributed by atoms with Gasteiger partial charge >= 0.3 is 11.9 Å². The summed E-state index contributed by atoms with van der Waals surface area (Å²) in [6.07, 6.45) is 0. The number of thioether (sulfide) groups is 1. The predicted molar refractivity (Wildman–Crippen MR) is 121 cm³/mol. The van der Waals surface area contributed by atoms with Crippen molar-refractivity contribution >= 4 is 55.7 Å². The largest absolute Gasteiger partial charge is 0.462 e. The van der Waals surface area contributed by atoms with Crippen molar-refractivity contribution in [2.45, 2.75) is 19.6 Å². The number of nitrogens with zero attached hydrogens (tertiary/aromatic N) is 1. The molecule has 0 saturated carbocycles. The van der Waals surface area contributed by atoms with E-state index in [0.29, 0.717) is 26.9 Å². The lowest BCUT2D eigenvalue weighted by atomic mass is 10.1. The van der Waals surface area contributed by atoms with Crippen LogP contribution in [0.2, 0.25) is 0 Å². The molecule has 0 aliphatic rings. The van der Waals surface area contributed by atoms with Crippen LogP contribution in [-0.4, -0.2) is 28.3 Å². The Balaban J connectivity index is 2.38. The highest BCUT2D eigenvalue weighted by atomic mass is 79.9. The number of hydrogen-bond donors (Lipinski definition) is 2. The van der Waals surface area contributed by atoms with Crippen molar-refractivity contribution in [3.8, 4) is 11.4 Å². The van der Waals surface area contributed by atoms with Gasteiger partial charge in [0.1, 0.15) is 5.75 Å². The zero-order chi connectivity index (χ0) is 21.8. The summed E-state index contributed by atoms with van der Waals surface area (Å²) in [6.45, 7) is 3.26. The number of para-hydroxylation sites is 1. The number of ether oxygens (including phenoxy) is 2. The molecular weight excluding hydrogens is 470 g/mol. The molecule has 0 aliphatic heterocycles. The number of carbonyl (C=O) groups excluding carboxylic acids is 2. The number of nitrogens with one attached hydrogen (secondary N) is 1. The first-order valence-electron chi connectivity index (χ1n) is 9.08. The van der Waals surface area contributed by atoms with E-state index in [0.717, 1.165) is 23.0 Å². The maximum Gasteiger partial charge on any atom is 0.340 e. The second-order valence-electron chi connectivity index (χ2n) is 6.26. The van der Waals surface area contributed by atoms with Gasteiger partial charge in [-0.25, -0.2) is 4.79 Å². The van der Waals surface area contributed by atoms with Crippen LogP contribution in [0.4, 0.5) is 0 Å². The van der Waals surface area contributed by atoms with Crippen molar-refractivity contribution < 1.29 is 19.1 Å². The van der Waals surface area contributed by atoms with E-state index in [-0.39, 0.29) is 17.5 Å². The van der Waals surface area contributed by atoms with Crippen LogP contribution in [0.3, 0.4) is 0 Å². The topological polar surface area (TPSA) is 107 Å². The van der Waals surface area contributed by atoms with Gasteiger partial charge in [-0.3, -0.25) is 10.2 Å². The molecular formula is C21H20BrN3O4S. The van der Waals surface area contributed by atoms with Gasteiger partial charge in [0.2, 0.25) is 0 Å². The number of aromatic nitrogens is 1. The molecule has 7 nitrogen and oxygen atoms in total. The first-order valence-corrected chi connectivity index (χ1v) is 10.9. The van der Waals surface area contributed by atoms with Gasteiger partial charge in [-0.15, -0.1) is 0 Å². The van der Waals surface area contributed by atoms with E-state index in [1.807, 2.05) is 34.9 Å². The molecule has 3 aromatic rings. The van der Waals surface area contributed by atoms with Crippen LogP contribution in [0.1, 0.15) is 29.9 Å². The van der Waals surface area contributed by atoms with Crippen LogP contribution >= 0.6 is 27.7 Å². The summed E-state index contributed by atoms with van der Waals surface area (Å²) >= 11 is 4.56. The molecule has 156 valence electrons. The molecule has 1 heterocycles. The van der Waals surface area contributed by atoms with Crippen LogP contribution in [0.5, 0.6) is 5.75 Å². The van der Waals surface area contributed by atoms with Gasteiger partial charge < -0.3 is 19.8 Å². The molecule has 2 aromatic carbocycles. The van der Waals surface area contributed by atoms with E-state index < -0.39 is 11.9 Å². The molecule has 0 fully saturated rings. The molecule has 0 unspecified atom stereocenters. The van der Waals surface area contributed by atoms with Crippen LogP contribution in [0, 0.1) is 5.41 Å². The third-order valence-electron chi connectivity index (χ3n) is 4.23. The molecule has 9 heteroatoms. The van der Waals surface area contributed by atoms with Crippen molar-refractivity contribution in [1.82, 2.24) is 4.57 Å². The molecule has 0 spiro atoms. The van der Waals surface area contributed by atoms with Gasteiger partial charge in [-0.05, 0) is 47.1 Å². The number of rotatable bonds is 6. The normalized spacial score (nSPS) is 10.8. The van der Waals surface area contributed by atoms with E-state index in [1.54, 1.807) is 19.1 Å². The van der Waals surface area contributed by atoms with Crippen molar-refractivity contribution in [1.29, 1.82) is 5.41 Å². The van der Waals surface area contributed by atoms with Gasteiger partial charge in [0, 0.05) is 29.4 Å². The third kappa shape index (κ3) is 4.52. The molecule has 1 aromatic heterocycles. The summed E-state index contributed by atoms with van der Waals surface area (Å²) in [5, 5.41) is 8.13. The number of fused-ring (bicyclic) bond motifs is 1. The fraction of sp³-hybridized carbons (Fsp3) is 0.190. The molecule has 0 amide bonds. The minimum atomic E-state index is -0.493. The Labute approximate surface area is 186 Å². The monoisotopic (exact) mass is 489 g/mol. The standard InChI is InChI=1S/C21H20BrN3O4S/c1-3-28-20(27)19-14-9-18(29-12(2)26)15(22)10-16(14)25(13-7-5-4-6-8-13)17(19)11-30-21(23)24/h4-10H,3,11H2,1-2H3,(H3,23,24). The van der Waals surface area contributed by atoms with E-state index in [4.69, 9.17) is 20.6 Å². The average Bonchev–Trinajstić information content (AvgIpc) is 3.00. The fourth-order valence-electron chi connectivity index (χ4n) is 3.16. The lowest BCUT2D eigenvalue weighted by Gasteiger charge is -2.12. The second-order valence-corrected chi connectivity index (χ2v) is 8.13. The molecule has 0 saturated heterocycles.